The predicted octanol–water partition coefficient (Wildman–Crippen LogP) is 2.49. The summed E-state index contributed by atoms with van der Waals surface area (Å²) in [6.07, 6.45) is 7.70. The minimum Gasteiger partial charge on any atom is -0.480 e. The molecular formula is C13H19NO3. The topological polar surface area (TPSA) is 76.5 Å². The minimum atomic E-state index is -1.37. The Morgan fingerprint density at radius 1 is 1.47 bits per heavy atom. The van der Waals surface area contributed by atoms with Crippen molar-refractivity contribution in [3.63, 3.8) is 0 Å². The maximum atomic E-state index is 11.4. The summed E-state index contributed by atoms with van der Waals surface area (Å²) < 4.78 is 5.20. The molecule has 0 aliphatic heterocycles. The molecule has 0 unspecified atom stereocenters. The molecule has 4 nitrogen and oxygen atoms in total. The van der Waals surface area contributed by atoms with Crippen LogP contribution in [-0.4, -0.2) is 11.1 Å². The van der Waals surface area contributed by atoms with Gasteiger partial charge in [0.2, 0.25) is 0 Å². The van der Waals surface area contributed by atoms with E-state index in [9.17, 15) is 9.90 Å². The average molecular weight is 237 g/mol. The Hall–Kier alpha value is -1.29. The molecule has 17 heavy (non-hydrogen) atoms. The van der Waals surface area contributed by atoms with Gasteiger partial charge in [-0.15, -0.1) is 0 Å². The smallest absolute Gasteiger partial charge is 0.331 e. The minimum absolute atomic E-state index is 0.357. The fourth-order valence-electron chi connectivity index (χ4n) is 2.67. The van der Waals surface area contributed by atoms with Crippen molar-refractivity contribution in [2.75, 3.05) is 0 Å². The van der Waals surface area contributed by atoms with Gasteiger partial charge in [0, 0.05) is 0 Å². The lowest BCUT2D eigenvalue weighted by Gasteiger charge is -2.29. The monoisotopic (exact) mass is 237 g/mol. The molecule has 4 heteroatoms. The Kier molecular flexibility index (Phi) is 3.52. The molecule has 0 amide bonds. The summed E-state index contributed by atoms with van der Waals surface area (Å²) in [6.45, 7) is 0. The van der Waals surface area contributed by atoms with Crippen LogP contribution < -0.4 is 5.73 Å². The Morgan fingerprint density at radius 2 is 2.18 bits per heavy atom. The van der Waals surface area contributed by atoms with Gasteiger partial charge >= 0.3 is 5.97 Å². The first kappa shape index (κ1) is 12.2. The van der Waals surface area contributed by atoms with E-state index in [-0.39, 0.29) is 0 Å². The zero-order valence-corrected chi connectivity index (χ0v) is 9.89. The lowest BCUT2D eigenvalue weighted by molar-refractivity contribution is -0.145. The van der Waals surface area contributed by atoms with Gasteiger partial charge in [0.25, 0.3) is 0 Å². The molecule has 1 aromatic heterocycles. The number of hydrogen-bond acceptors (Lipinski definition) is 3. The Balaban J connectivity index is 2.14. The van der Waals surface area contributed by atoms with Crippen LogP contribution in [0.1, 0.15) is 44.3 Å². The second-order valence-corrected chi connectivity index (χ2v) is 4.96. The number of carboxylic acid groups (broad SMARTS) is 1. The van der Waals surface area contributed by atoms with Gasteiger partial charge in [-0.25, -0.2) is 4.79 Å². The van der Waals surface area contributed by atoms with Crippen LogP contribution in [0.4, 0.5) is 0 Å². The van der Waals surface area contributed by atoms with Gasteiger partial charge < -0.3 is 15.3 Å². The molecule has 1 saturated carbocycles. The quantitative estimate of drug-likeness (QED) is 0.843. The van der Waals surface area contributed by atoms with E-state index in [1.165, 1.54) is 25.5 Å². The van der Waals surface area contributed by atoms with Crippen molar-refractivity contribution in [1.29, 1.82) is 0 Å². The van der Waals surface area contributed by atoms with Crippen LogP contribution >= 0.6 is 0 Å². The van der Waals surface area contributed by atoms with Crippen molar-refractivity contribution >= 4 is 5.97 Å². The van der Waals surface area contributed by atoms with Crippen molar-refractivity contribution in [1.82, 2.24) is 0 Å². The second kappa shape index (κ2) is 4.92. The molecule has 1 heterocycles. The number of carbonyl (C=O) groups is 1. The van der Waals surface area contributed by atoms with E-state index in [4.69, 9.17) is 10.2 Å². The van der Waals surface area contributed by atoms with E-state index in [0.717, 1.165) is 12.8 Å². The molecule has 1 fully saturated rings. The standard InChI is InChI=1S/C13H19NO3/c14-13(12(15)16,11-7-4-8-17-11)9-10-5-2-1-3-6-10/h4,7-8,10H,1-3,5-6,9,14H2,(H,15,16)/t13-/m0/s1. The first-order chi connectivity index (χ1) is 8.13. The molecule has 1 aromatic rings. The van der Waals surface area contributed by atoms with Crippen LogP contribution in [0.3, 0.4) is 0 Å². The largest absolute Gasteiger partial charge is 0.480 e. The molecule has 2 rings (SSSR count). The first-order valence-corrected chi connectivity index (χ1v) is 6.19. The number of furan rings is 1. The number of nitrogens with two attached hydrogens (primary N) is 1. The summed E-state index contributed by atoms with van der Waals surface area (Å²) >= 11 is 0. The fourth-order valence-corrected chi connectivity index (χ4v) is 2.67. The maximum absolute atomic E-state index is 11.4. The molecule has 94 valence electrons. The van der Waals surface area contributed by atoms with Gasteiger partial charge in [0.15, 0.2) is 5.54 Å². The van der Waals surface area contributed by atoms with E-state index in [1.54, 1.807) is 12.1 Å². The van der Waals surface area contributed by atoms with Crippen molar-refractivity contribution in [3.8, 4) is 0 Å². The highest BCUT2D eigenvalue weighted by atomic mass is 16.4. The molecule has 0 bridgehead atoms. The number of aliphatic carboxylic acids is 1. The zero-order chi connectivity index (χ0) is 12.3. The summed E-state index contributed by atoms with van der Waals surface area (Å²) in [5.41, 5.74) is 4.67. The normalized spacial score (nSPS) is 21.0. The molecule has 0 saturated heterocycles. The lowest BCUT2D eigenvalue weighted by atomic mass is 9.78. The van der Waals surface area contributed by atoms with E-state index in [2.05, 4.69) is 0 Å². The third-order valence-electron chi connectivity index (χ3n) is 3.68. The van der Waals surface area contributed by atoms with E-state index < -0.39 is 11.5 Å². The lowest BCUT2D eigenvalue weighted by Crippen LogP contribution is -2.46. The molecule has 1 aliphatic carbocycles. The van der Waals surface area contributed by atoms with Crippen LogP contribution in [0.15, 0.2) is 22.8 Å². The highest BCUT2D eigenvalue weighted by Gasteiger charge is 2.41. The van der Waals surface area contributed by atoms with Gasteiger partial charge in [-0.3, -0.25) is 0 Å². The Morgan fingerprint density at radius 3 is 2.71 bits per heavy atom. The van der Waals surface area contributed by atoms with Crippen LogP contribution in [0, 0.1) is 5.92 Å². The highest BCUT2D eigenvalue weighted by molar-refractivity contribution is 5.79. The summed E-state index contributed by atoms with van der Waals surface area (Å²) in [6, 6.07) is 3.33. The van der Waals surface area contributed by atoms with E-state index in [0.29, 0.717) is 18.1 Å². The van der Waals surface area contributed by atoms with Crippen molar-refractivity contribution in [3.05, 3.63) is 24.2 Å². The molecule has 0 radical (unpaired) electrons. The predicted molar refractivity (Wildman–Crippen MR) is 63.4 cm³/mol. The SMILES string of the molecule is N[C@](CC1CCCCC1)(C(=O)O)c1ccco1. The third-order valence-corrected chi connectivity index (χ3v) is 3.68. The van der Waals surface area contributed by atoms with Crippen LogP contribution in [0.5, 0.6) is 0 Å². The summed E-state index contributed by atoms with van der Waals surface area (Å²) in [5, 5.41) is 9.35. The molecule has 1 atom stereocenters. The molecule has 0 aromatic carbocycles. The summed E-state index contributed by atoms with van der Waals surface area (Å²) in [4.78, 5) is 11.4. The number of rotatable bonds is 4. The van der Waals surface area contributed by atoms with Crippen LogP contribution in [0.2, 0.25) is 0 Å². The van der Waals surface area contributed by atoms with Crippen LogP contribution in [0.25, 0.3) is 0 Å². The van der Waals surface area contributed by atoms with Gasteiger partial charge in [-0.2, -0.15) is 0 Å². The average Bonchev–Trinajstić information content (AvgIpc) is 2.84. The molecule has 3 N–H and O–H groups in total. The second-order valence-electron chi connectivity index (χ2n) is 4.96. The Labute approximate surface area is 101 Å². The van der Waals surface area contributed by atoms with Gasteiger partial charge in [0.05, 0.1) is 6.26 Å². The molecule has 1 aliphatic rings. The van der Waals surface area contributed by atoms with Gasteiger partial charge in [-0.05, 0) is 24.5 Å². The van der Waals surface area contributed by atoms with E-state index >= 15 is 0 Å². The summed E-state index contributed by atoms with van der Waals surface area (Å²) in [5.74, 6) is -0.247. The van der Waals surface area contributed by atoms with Crippen molar-refractivity contribution in [2.45, 2.75) is 44.1 Å². The maximum Gasteiger partial charge on any atom is 0.331 e. The van der Waals surface area contributed by atoms with Crippen molar-refractivity contribution in [2.24, 2.45) is 11.7 Å². The van der Waals surface area contributed by atoms with E-state index in [1.807, 2.05) is 0 Å². The first-order valence-electron chi connectivity index (χ1n) is 6.19. The number of hydrogen-bond donors (Lipinski definition) is 2. The van der Waals surface area contributed by atoms with Crippen molar-refractivity contribution < 1.29 is 14.3 Å². The van der Waals surface area contributed by atoms with Crippen LogP contribution in [-0.2, 0) is 10.3 Å². The number of carboxylic acids is 1. The highest BCUT2D eigenvalue weighted by Crippen LogP contribution is 2.34. The van der Waals surface area contributed by atoms with Gasteiger partial charge in [-0.1, -0.05) is 32.1 Å². The Bertz CT molecular complexity index is 368. The molecule has 0 spiro atoms. The zero-order valence-electron chi connectivity index (χ0n) is 9.89. The third kappa shape index (κ3) is 2.52. The van der Waals surface area contributed by atoms with Gasteiger partial charge in [0.1, 0.15) is 5.76 Å². The fraction of sp³-hybridized carbons (Fsp3) is 0.615. The molecular weight excluding hydrogens is 218 g/mol. The summed E-state index contributed by atoms with van der Waals surface area (Å²) in [7, 11) is 0.